The maximum absolute atomic E-state index is 6.02. The first-order valence-corrected chi connectivity index (χ1v) is 7.11. The minimum Gasteiger partial charge on any atom is -0.438 e. The highest BCUT2D eigenvalue weighted by Crippen LogP contribution is 2.28. The third-order valence-corrected chi connectivity index (χ3v) is 3.44. The average Bonchev–Trinajstić information content (AvgIpc) is 2.43. The van der Waals surface area contributed by atoms with Crippen LogP contribution >= 0.6 is 11.6 Å². The van der Waals surface area contributed by atoms with E-state index in [1.165, 1.54) is 0 Å². The Morgan fingerprint density at radius 2 is 2.15 bits per heavy atom. The summed E-state index contributed by atoms with van der Waals surface area (Å²) in [6.45, 7) is 4.03. The van der Waals surface area contributed by atoms with Gasteiger partial charge in [-0.05, 0) is 49.6 Å². The molecule has 1 aromatic heterocycles. The van der Waals surface area contributed by atoms with Gasteiger partial charge in [0.1, 0.15) is 5.75 Å². The van der Waals surface area contributed by atoms with Crippen molar-refractivity contribution in [2.45, 2.75) is 32.7 Å². The van der Waals surface area contributed by atoms with E-state index in [0.29, 0.717) is 10.9 Å². The summed E-state index contributed by atoms with van der Waals surface area (Å²) in [7, 11) is 0. The molecule has 4 heteroatoms. The van der Waals surface area contributed by atoms with Gasteiger partial charge in [0.2, 0.25) is 5.88 Å². The molecule has 2 aromatic rings. The molecule has 0 fully saturated rings. The number of halogens is 1. The van der Waals surface area contributed by atoms with Gasteiger partial charge < -0.3 is 10.5 Å². The molecule has 1 aromatic carbocycles. The molecular weight excluding hydrogens is 272 g/mol. The minimum atomic E-state index is 0.118. The Hall–Kier alpha value is -1.58. The molecule has 106 valence electrons. The number of hydrogen-bond acceptors (Lipinski definition) is 3. The topological polar surface area (TPSA) is 48.1 Å². The van der Waals surface area contributed by atoms with Crippen molar-refractivity contribution in [3.63, 3.8) is 0 Å². The lowest BCUT2D eigenvalue weighted by atomic mass is 10.1. The van der Waals surface area contributed by atoms with Crippen LogP contribution in [-0.2, 0) is 6.42 Å². The molecular formula is C16H19ClN2O. The van der Waals surface area contributed by atoms with E-state index in [4.69, 9.17) is 22.1 Å². The summed E-state index contributed by atoms with van der Waals surface area (Å²) in [5.74, 6) is 1.38. The first kappa shape index (κ1) is 14.8. The first-order valence-electron chi connectivity index (χ1n) is 6.73. The highest BCUT2D eigenvalue weighted by atomic mass is 35.5. The standard InChI is InChI=1S/C16H19ClN2O/c1-3-14(18)10-12-5-4-8-19-16(12)20-15-7-6-13(17)9-11(15)2/h4-9,14H,3,10,18H2,1-2H3. The van der Waals surface area contributed by atoms with Crippen LogP contribution in [0.4, 0.5) is 0 Å². The molecule has 1 unspecified atom stereocenters. The van der Waals surface area contributed by atoms with Crippen molar-refractivity contribution in [3.05, 3.63) is 52.7 Å². The van der Waals surface area contributed by atoms with Gasteiger partial charge in [0.25, 0.3) is 0 Å². The molecule has 0 saturated heterocycles. The summed E-state index contributed by atoms with van der Waals surface area (Å²) in [4.78, 5) is 4.31. The van der Waals surface area contributed by atoms with E-state index in [1.807, 2.05) is 37.3 Å². The molecule has 1 atom stereocenters. The zero-order valence-electron chi connectivity index (χ0n) is 11.8. The molecule has 2 N–H and O–H groups in total. The Balaban J connectivity index is 2.24. The number of nitrogens with two attached hydrogens (primary N) is 1. The van der Waals surface area contributed by atoms with Crippen LogP contribution in [0.1, 0.15) is 24.5 Å². The van der Waals surface area contributed by atoms with Crippen LogP contribution < -0.4 is 10.5 Å². The molecule has 0 spiro atoms. The SMILES string of the molecule is CCC(N)Cc1cccnc1Oc1ccc(Cl)cc1C. The van der Waals surface area contributed by atoms with Gasteiger partial charge in [0.05, 0.1) is 0 Å². The number of aromatic nitrogens is 1. The number of rotatable bonds is 5. The molecule has 0 aliphatic rings. The third-order valence-electron chi connectivity index (χ3n) is 3.20. The maximum Gasteiger partial charge on any atom is 0.222 e. The summed E-state index contributed by atoms with van der Waals surface area (Å²) in [5.41, 5.74) is 8.02. The van der Waals surface area contributed by atoms with E-state index >= 15 is 0 Å². The maximum atomic E-state index is 6.02. The quantitative estimate of drug-likeness (QED) is 0.901. The zero-order chi connectivity index (χ0) is 14.5. The predicted molar refractivity (Wildman–Crippen MR) is 82.5 cm³/mol. The van der Waals surface area contributed by atoms with Gasteiger partial charge in [0, 0.05) is 22.8 Å². The minimum absolute atomic E-state index is 0.118. The van der Waals surface area contributed by atoms with Crippen molar-refractivity contribution in [1.82, 2.24) is 4.98 Å². The van der Waals surface area contributed by atoms with Gasteiger partial charge in [-0.25, -0.2) is 4.98 Å². The molecule has 0 amide bonds. The van der Waals surface area contributed by atoms with Crippen LogP contribution in [0.15, 0.2) is 36.5 Å². The lowest BCUT2D eigenvalue weighted by molar-refractivity contribution is 0.449. The summed E-state index contributed by atoms with van der Waals surface area (Å²) in [5, 5.41) is 0.698. The number of ether oxygens (including phenoxy) is 1. The molecule has 20 heavy (non-hydrogen) atoms. The number of aryl methyl sites for hydroxylation is 1. The third kappa shape index (κ3) is 3.71. The summed E-state index contributed by atoms with van der Waals surface area (Å²) < 4.78 is 5.92. The molecule has 3 nitrogen and oxygen atoms in total. The van der Waals surface area contributed by atoms with Crippen LogP contribution in [0.25, 0.3) is 0 Å². The Kier molecular flexibility index (Phi) is 4.99. The molecule has 0 saturated carbocycles. The van der Waals surface area contributed by atoms with E-state index < -0.39 is 0 Å². The molecule has 0 aliphatic carbocycles. The van der Waals surface area contributed by atoms with Crippen LogP contribution in [0.5, 0.6) is 11.6 Å². The Morgan fingerprint density at radius 1 is 1.35 bits per heavy atom. The van der Waals surface area contributed by atoms with Crippen molar-refractivity contribution in [1.29, 1.82) is 0 Å². The fraction of sp³-hybridized carbons (Fsp3) is 0.312. The van der Waals surface area contributed by atoms with Gasteiger partial charge in [0.15, 0.2) is 0 Å². The van der Waals surface area contributed by atoms with Crippen LogP contribution in [0.3, 0.4) is 0 Å². The number of pyridine rings is 1. The molecule has 0 aliphatic heterocycles. The van der Waals surface area contributed by atoms with Crippen LogP contribution in [-0.4, -0.2) is 11.0 Å². The Morgan fingerprint density at radius 3 is 2.85 bits per heavy atom. The Labute approximate surface area is 124 Å². The monoisotopic (exact) mass is 290 g/mol. The summed E-state index contributed by atoms with van der Waals surface area (Å²) in [6, 6.07) is 9.56. The van der Waals surface area contributed by atoms with E-state index in [1.54, 1.807) is 6.20 Å². The lowest BCUT2D eigenvalue weighted by Crippen LogP contribution is -2.21. The first-order chi connectivity index (χ1) is 9.60. The molecule has 2 rings (SSSR count). The molecule has 0 radical (unpaired) electrons. The van der Waals surface area contributed by atoms with E-state index in [2.05, 4.69) is 11.9 Å². The van der Waals surface area contributed by atoms with Gasteiger partial charge in [-0.15, -0.1) is 0 Å². The van der Waals surface area contributed by atoms with Gasteiger partial charge in [-0.3, -0.25) is 0 Å². The predicted octanol–water partition coefficient (Wildman–Crippen LogP) is 4.12. The van der Waals surface area contributed by atoms with Crippen LogP contribution in [0.2, 0.25) is 5.02 Å². The summed E-state index contributed by atoms with van der Waals surface area (Å²) in [6.07, 6.45) is 3.40. The fourth-order valence-corrected chi connectivity index (χ4v) is 2.16. The van der Waals surface area contributed by atoms with Crippen molar-refractivity contribution in [2.75, 3.05) is 0 Å². The van der Waals surface area contributed by atoms with Crippen molar-refractivity contribution >= 4 is 11.6 Å². The smallest absolute Gasteiger partial charge is 0.222 e. The van der Waals surface area contributed by atoms with Gasteiger partial charge in [-0.2, -0.15) is 0 Å². The number of hydrogen-bond donors (Lipinski definition) is 1. The average molecular weight is 291 g/mol. The second-order valence-corrected chi connectivity index (χ2v) is 5.29. The second-order valence-electron chi connectivity index (χ2n) is 4.85. The molecule has 0 bridgehead atoms. The van der Waals surface area contributed by atoms with Crippen molar-refractivity contribution in [3.8, 4) is 11.6 Å². The lowest BCUT2D eigenvalue weighted by Gasteiger charge is -2.14. The highest BCUT2D eigenvalue weighted by Gasteiger charge is 2.11. The normalized spacial score (nSPS) is 12.2. The number of nitrogens with zero attached hydrogens (tertiary/aromatic N) is 1. The van der Waals surface area contributed by atoms with Crippen LogP contribution in [0, 0.1) is 6.92 Å². The fourth-order valence-electron chi connectivity index (χ4n) is 1.93. The summed E-state index contributed by atoms with van der Waals surface area (Å²) >= 11 is 5.95. The van der Waals surface area contributed by atoms with Crippen molar-refractivity contribution < 1.29 is 4.74 Å². The van der Waals surface area contributed by atoms with E-state index in [0.717, 1.165) is 29.7 Å². The second kappa shape index (κ2) is 6.73. The van der Waals surface area contributed by atoms with Gasteiger partial charge in [-0.1, -0.05) is 24.6 Å². The largest absolute Gasteiger partial charge is 0.438 e. The van der Waals surface area contributed by atoms with E-state index in [9.17, 15) is 0 Å². The zero-order valence-corrected chi connectivity index (χ0v) is 12.5. The Bertz CT molecular complexity index is 586. The molecule has 1 heterocycles. The number of benzene rings is 1. The highest BCUT2D eigenvalue weighted by molar-refractivity contribution is 6.30. The van der Waals surface area contributed by atoms with Crippen molar-refractivity contribution in [2.24, 2.45) is 5.73 Å². The van der Waals surface area contributed by atoms with E-state index in [-0.39, 0.29) is 6.04 Å². The van der Waals surface area contributed by atoms with Gasteiger partial charge >= 0.3 is 0 Å².